The molecule has 0 aliphatic heterocycles. The summed E-state index contributed by atoms with van der Waals surface area (Å²) in [5.74, 6) is 0. The summed E-state index contributed by atoms with van der Waals surface area (Å²) in [6, 6.07) is 0. The molecule has 0 amide bonds. The van der Waals surface area contributed by atoms with E-state index in [4.69, 9.17) is 0 Å². The van der Waals surface area contributed by atoms with Crippen LogP contribution in [0.25, 0.3) is 0 Å². The maximum absolute atomic E-state index is 2.56. The van der Waals surface area contributed by atoms with Crippen molar-refractivity contribution in [2.24, 2.45) is 0 Å². The third-order valence-corrected chi connectivity index (χ3v) is 5.52. The molecule has 0 aromatic carbocycles. The van der Waals surface area contributed by atoms with Gasteiger partial charge in [0.2, 0.25) is 0 Å². The van der Waals surface area contributed by atoms with Crippen LogP contribution in [0.3, 0.4) is 0 Å². The van der Waals surface area contributed by atoms with Gasteiger partial charge in [0.15, 0.2) is 0 Å². The summed E-state index contributed by atoms with van der Waals surface area (Å²) in [5.41, 5.74) is 0. The Labute approximate surface area is 161 Å². The highest BCUT2D eigenvalue weighted by Crippen LogP contribution is 2.14. The molecule has 0 atom stereocenters. The summed E-state index contributed by atoms with van der Waals surface area (Å²) in [7, 11) is 0. The van der Waals surface area contributed by atoms with Crippen LogP contribution < -0.4 is 0 Å². The van der Waals surface area contributed by atoms with Crippen molar-refractivity contribution in [1.82, 2.24) is 0 Å². The smallest absolute Gasteiger partial charge is 0.0386 e. The zero-order chi connectivity index (χ0) is 18.3. The summed E-state index contributed by atoms with van der Waals surface area (Å²) in [5, 5.41) is 0. The maximum atomic E-state index is 2.56. The summed E-state index contributed by atoms with van der Waals surface area (Å²) in [6.07, 6.45) is 34.4. The number of hydrogen-bond donors (Lipinski definition) is 0. The monoisotopic (exact) mass is 351 g/mol. The zero-order valence-corrected chi connectivity index (χ0v) is 18.1. The van der Waals surface area contributed by atoms with E-state index in [1.54, 1.807) is 0 Å². The average molecular weight is 352 g/mol. The molecule has 1 radical (unpaired) electrons. The Morgan fingerprint density at radius 1 is 0.320 bits per heavy atom. The summed E-state index contributed by atoms with van der Waals surface area (Å²) in [4.78, 5) is 0. The van der Waals surface area contributed by atoms with Gasteiger partial charge in [0, 0.05) is 0 Å². The Morgan fingerprint density at radius 2 is 0.560 bits per heavy atom. The van der Waals surface area contributed by atoms with Crippen molar-refractivity contribution in [2.75, 3.05) is 0 Å². The van der Waals surface area contributed by atoms with Gasteiger partial charge in [-0.15, -0.1) is 0 Å². The summed E-state index contributed by atoms with van der Waals surface area (Å²) < 4.78 is 0. The topological polar surface area (TPSA) is 0 Å². The minimum absolute atomic E-state index is 1.37. The molecular weight excluding hydrogens is 300 g/mol. The molecule has 0 heterocycles. The Kier molecular flexibility index (Phi) is 24.0. The predicted molar refractivity (Wildman–Crippen MR) is 117 cm³/mol. The summed E-state index contributed by atoms with van der Waals surface area (Å²) in [6.45, 7) is 4.60. The lowest BCUT2D eigenvalue weighted by Crippen LogP contribution is -1.85. The van der Waals surface area contributed by atoms with Crippen molar-refractivity contribution >= 4 is 0 Å². The van der Waals surface area contributed by atoms with Gasteiger partial charge in [-0.1, -0.05) is 155 Å². The van der Waals surface area contributed by atoms with Gasteiger partial charge in [0.25, 0.3) is 0 Å². The second kappa shape index (κ2) is 24.0. The molecule has 0 unspecified atom stereocenters. The third-order valence-electron chi connectivity index (χ3n) is 5.52. The van der Waals surface area contributed by atoms with Gasteiger partial charge >= 0.3 is 0 Å². The van der Waals surface area contributed by atoms with Crippen LogP contribution in [0.15, 0.2) is 0 Å². The Balaban J connectivity index is 2.94. The quantitative estimate of drug-likeness (QED) is 0.170. The Bertz CT molecular complexity index is 186. The number of rotatable bonds is 22. The van der Waals surface area contributed by atoms with Crippen molar-refractivity contribution in [2.45, 2.75) is 155 Å². The maximum Gasteiger partial charge on any atom is -0.0386 e. The van der Waals surface area contributed by atoms with Crippen LogP contribution in [0.4, 0.5) is 0 Å². The van der Waals surface area contributed by atoms with Crippen LogP contribution in [0.1, 0.15) is 155 Å². The second-order valence-corrected chi connectivity index (χ2v) is 8.23. The molecule has 0 nitrogen and oxygen atoms in total. The molecule has 0 rings (SSSR count). The zero-order valence-electron chi connectivity index (χ0n) is 18.1. The number of hydrogen-bond acceptors (Lipinski definition) is 0. The molecular formula is C25H51. The first-order valence-corrected chi connectivity index (χ1v) is 12.2. The Morgan fingerprint density at radius 3 is 0.840 bits per heavy atom. The molecule has 0 aliphatic carbocycles. The first-order chi connectivity index (χ1) is 12.4. The molecule has 0 aromatic rings. The minimum atomic E-state index is 1.37. The molecule has 0 spiro atoms. The number of unbranched alkanes of at least 4 members (excludes halogenated alkanes) is 22. The van der Waals surface area contributed by atoms with Gasteiger partial charge in [-0.05, 0) is 6.42 Å². The molecule has 151 valence electrons. The van der Waals surface area contributed by atoms with E-state index < -0.39 is 0 Å². The van der Waals surface area contributed by atoms with Crippen molar-refractivity contribution in [3.63, 3.8) is 0 Å². The molecule has 0 aliphatic rings. The summed E-state index contributed by atoms with van der Waals surface area (Å²) >= 11 is 0. The highest BCUT2D eigenvalue weighted by atomic mass is 14.0. The molecule has 0 heteroatoms. The van der Waals surface area contributed by atoms with Gasteiger partial charge in [0.1, 0.15) is 0 Å². The SMILES string of the molecule is CCCCCCCCCCC[CH]CCCCCCCCCCCCC. The van der Waals surface area contributed by atoms with E-state index in [0.717, 1.165) is 0 Å². The highest BCUT2D eigenvalue weighted by molar-refractivity contribution is 4.64. The van der Waals surface area contributed by atoms with E-state index in [1.807, 2.05) is 0 Å². The van der Waals surface area contributed by atoms with Gasteiger partial charge in [-0.3, -0.25) is 0 Å². The predicted octanol–water partition coefficient (Wildman–Crippen LogP) is 9.81. The van der Waals surface area contributed by atoms with Gasteiger partial charge in [-0.25, -0.2) is 0 Å². The van der Waals surface area contributed by atoms with E-state index in [1.165, 1.54) is 141 Å². The molecule has 0 saturated heterocycles. The Hall–Kier alpha value is 0. The molecule has 0 N–H and O–H groups in total. The van der Waals surface area contributed by atoms with Crippen LogP contribution in [0, 0.1) is 6.42 Å². The third kappa shape index (κ3) is 24.0. The van der Waals surface area contributed by atoms with Crippen molar-refractivity contribution in [3.8, 4) is 0 Å². The van der Waals surface area contributed by atoms with Gasteiger partial charge in [0.05, 0.1) is 0 Å². The minimum Gasteiger partial charge on any atom is -0.0654 e. The molecule has 0 fully saturated rings. The normalized spacial score (nSPS) is 11.3. The molecule has 0 saturated carbocycles. The van der Waals surface area contributed by atoms with Gasteiger partial charge < -0.3 is 0 Å². The van der Waals surface area contributed by atoms with Crippen molar-refractivity contribution in [1.29, 1.82) is 0 Å². The lowest BCUT2D eigenvalue weighted by Gasteiger charge is -2.04. The van der Waals surface area contributed by atoms with E-state index in [2.05, 4.69) is 20.3 Å². The lowest BCUT2D eigenvalue weighted by atomic mass is 10.0. The van der Waals surface area contributed by atoms with Crippen molar-refractivity contribution in [3.05, 3.63) is 6.42 Å². The lowest BCUT2D eigenvalue weighted by molar-refractivity contribution is 0.543. The van der Waals surface area contributed by atoms with Crippen LogP contribution in [0.2, 0.25) is 0 Å². The van der Waals surface area contributed by atoms with Crippen molar-refractivity contribution < 1.29 is 0 Å². The second-order valence-electron chi connectivity index (χ2n) is 8.23. The van der Waals surface area contributed by atoms with Crippen LogP contribution in [-0.4, -0.2) is 0 Å². The van der Waals surface area contributed by atoms with Crippen LogP contribution in [0.5, 0.6) is 0 Å². The fraction of sp³-hybridized carbons (Fsp3) is 0.960. The van der Waals surface area contributed by atoms with Crippen LogP contribution in [-0.2, 0) is 0 Å². The van der Waals surface area contributed by atoms with Crippen LogP contribution >= 0.6 is 0 Å². The fourth-order valence-electron chi connectivity index (χ4n) is 3.70. The largest absolute Gasteiger partial charge is 0.0654 e. The standard InChI is InChI=1S/C25H51/c1-3-5-7-9-11-13-15-17-19-21-23-25-24-22-20-18-16-14-12-10-8-6-4-2/h23H,3-22,24-25H2,1-2H3. The van der Waals surface area contributed by atoms with E-state index >= 15 is 0 Å². The molecule has 0 aromatic heterocycles. The van der Waals surface area contributed by atoms with E-state index in [9.17, 15) is 0 Å². The van der Waals surface area contributed by atoms with E-state index in [0.29, 0.717) is 0 Å². The molecule has 25 heavy (non-hydrogen) atoms. The molecule has 0 bridgehead atoms. The first-order valence-electron chi connectivity index (χ1n) is 12.2. The van der Waals surface area contributed by atoms with Gasteiger partial charge in [-0.2, -0.15) is 0 Å². The fourth-order valence-corrected chi connectivity index (χ4v) is 3.70. The van der Waals surface area contributed by atoms with E-state index in [-0.39, 0.29) is 0 Å². The first kappa shape index (κ1) is 25.0. The average Bonchev–Trinajstić information content (AvgIpc) is 2.63. The highest BCUT2D eigenvalue weighted by Gasteiger charge is 1.95.